The second-order valence-electron chi connectivity index (χ2n) is 14.6. The van der Waals surface area contributed by atoms with Crippen molar-refractivity contribution >= 4 is 19.9 Å². The van der Waals surface area contributed by atoms with Gasteiger partial charge in [-0.15, -0.1) is 0 Å². The van der Waals surface area contributed by atoms with Crippen LogP contribution in [0.4, 0.5) is 10.2 Å². The molecule has 13 heteroatoms. The average Bonchev–Trinajstić information content (AvgIpc) is 3.62. The molecule has 0 saturated carbocycles. The van der Waals surface area contributed by atoms with Crippen molar-refractivity contribution in [2.24, 2.45) is 0 Å². The summed E-state index contributed by atoms with van der Waals surface area (Å²) < 4.78 is 38.8. The van der Waals surface area contributed by atoms with Crippen LogP contribution in [0.2, 0.25) is 0 Å². The summed E-state index contributed by atoms with van der Waals surface area (Å²) in [4.78, 5) is 14.7. The zero-order valence-electron chi connectivity index (χ0n) is 33.2. The molecule has 0 amide bonds. The number of anilines is 1. The maximum atomic E-state index is 14.1. The first-order chi connectivity index (χ1) is 26.8. The van der Waals surface area contributed by atoms with E-state index >= 15 is 0 Å². The molecule has 55 heavy (non-hydrogen) atoms. The molecule has 3 aromatic rings. The molecule has 0 fully saturated rings. The van der Waals surface area contributed by atoms with Crippen molar-refractivity contribution in [1.29, 1.82) is 10.5 Å². The smallest absolute Gasteiger partial charge is 0.330 e. The number of nitrogen functional groups attached to an aromatic ring is 1. The molecule has 0 saturated heterocycles. The van der Waals surface area contributed by atoms with E-state index in [1.54, 1.807) is 10.6 Å². The number of aryl methyl sites for hydroxylation is 1. The number of aromatic nitrogens is 3. The Morgan fingerprint density at radius 3 is 2.09 bits per heavy atom. The van der Waals surface area contributed by atoms with Crippen LogP contribution in [-0.4, -0.2) is 51.5 Å². The normalized spacial score (nSPS) is 13.7. The Bertz CT molecular complexity index is 1580. The highest BCUT2D eigenvalue weighted by Crippen LogP contribution is 2.36. The number of nitrogens with two attached hydrogens (primary N) is 1. The minimum atomic E-state index is -2.35. The van der Waals surface area contributed by atoms with Crippen LogP contribution in [-0.2, 0) is 31.5 Å². The first kappa shape index (κ1) is 46.2. The van der Waals surface area contributed by atoms with E-state index in [-0.39, 0.29) is 31.8 Å². The Morgan fingerprint density at radius 2 is 1.51 bits per heavy atom. The number of methoxy groups -OCH3 is 1. The summed E-state index contributed by atoms with van der Waals surface area (Å²) in [6.07, 6.45) is 25.7. The quantitative estimate of drug-likeness (QED) is 0.0460. The zero-order valence-corrected chi connectivity index (χ0v) is 34.1. The summed E-state index contributed by atoms with van der Waals surface area (Å²) in [6, 6.07) is 12.0. The molecule has 0 radical (unpaired) electrons. The summed E-state index contributed by atoms with van der Waals surface area (Å²) >= 11 is 0. The lowest BCUT2D eigenvalue weighted by Crippen LogP contribution is -2.35. The van der Waals surface area contributed by atoms with E-state index in [2.05, 4.69) is 23.1 Å². The van der Waals surface area contributed by atoms with Gasteiger partial charge in [0.1, 0.15) is 23.7 Å². The molecule has 304 valence electrons. The molecule has 0 bridgehead atoms. The highest BCUT2D eigenvalue weighted by Gasteiger charge is 2.32. The number of benzene rings is 1. The van der Waals surface area contributed by atoms with Gasteiger partial charge in [-0.2, -0.15) is 15.6 Å². The third-order valence-electron chi connectivity index (χ3n) is 10.2. The number of unbranched alkanes of at least 4 members (excludes halogenated alkanes) is 17. The fraction of sp³-hybridized carbons (Fsp3) is 0.667. The first-order valence-corrected chi connectivity index (χ1v) is 21.6. The third-order valence-corrected chi connectivity index (χ3v) is 10.9. The minimum Gasteiger partial charge on any atom is -0.382 e. The second kappa shape index (κ2) is 27.4. The summed E-state index contributed by atoms with van der Waals surface area (Å²) in [5.41, 5.74) is 6.87. The molecule has 0 spiro atoms. The lowest BCUT2D eigenvalue weighted by Gasteiger charge is -2.26. The Kier molecular flexibility index (Phi) is 23.0. The van der Waals surface area contributed by atoms with Gasteiger partial charge >= 0.3 is 8.60 Å². The number of hydrogen-bond acceptors (Lipinski definition) is 10. The molecule has 3 N–H and O–H groups in total. The molecular formula is C42H64FN6O5P. The van der Waals surface area contributed by atoms with Crippen LogP contribution in [0.1, 0.15) is 152 Å². The van der Waals surface area contributed by atoms with E-state index in [0.717, 1.165) is 25.0 Å². The lowest BCUT2D eigenvalue weighted by molar-refractivity contribution is -0.0212. The van der Waals surface area contributed by atoms with Crippen molar-refractivity contribution in [2.75, 3.05) is 26.1 Å². The van der Waals surface area contributed by atoms with E-state index in [1.807, 2.05) is 18.2 Å². The fourth-order valence-corrected chi connectivity index (χ4v) is 7.43. The molecule has 2 aromatic heterocycles. The number of hydrogen-bond donors (Lipinski definition) is 2. The number of nitriles is 2. The van der Waals surface area contributed by atoms with Crippen molar-refractivity contribution < 1.29 is 27.8 Å². The van der Waals surface area contributed by atoms with Gasteiger partial charge in [-0.25, -0.2) is 13.9 Å². The van der Waals surface area contributed by atoms with E-state index in [9.17, 15) is 19.8 Å². The number of halogens is 1. The van der Waals surface area contributed by atoms with Gasteiger partial charge in [-0.3, -0.25) is 0 Å². The number of ether oxygens (including phenoxy) is 2. The van der Waals surface area contributed by atoms with Gasteiger partial charge in [0.25, 0.3) is 0 Å². The van der Waals surface area contributed by atoms with Gasteiger partial charge < -0.3 is 29.1 Å². The molecule has 2 heterocycles. The summed E-state index contributed by atoms with van der Waals surface area (Å²) in [6.45, 7) is 2.19. The van der Waals surface area contributed by atoms with Crippen molar-refractivity contribution in [3.05, 3.63) is 59.3 Å². The molecule has 3 atom stereocenters. The largest absolute Gasteiger partial charge is 0.382 e. The summed E-state index contributed by atoms with van der Waals surface area (Å²) in [7, 11) is -0.925. The molecule has 11 nitrogen and oxygen atoms in total. The van der Waals surface area contributed by atoms with Gasteiger partial charge in [0.2, 0.25) is 0 Å². The van der Waals surface area contributed by atoms with E-state index in [0.29, 0.717) is 29.7 Å². The van der Waals surface area contributed by atoms with Crippen LogP contribution in [0.5, 0.6) is 0 Å². The van der Waals surface area contributed by atoms with Crippen molar-refractivity contribution in [2.45, 2.75) is 160 Å². The molecule has 3 rings (SSSR count). The fourth-order valence-electron chi connectivity index (χ4n) is 6.74. The van der Waals surface area contributed by atoms with Crippen LogP contribution < -0.4 is 5.73 Å². The predicted octanol–water partition coefficient (Wildman–Crippen LogP) is 10.4. The van der Waals surface area contributed by atoms with Gasteiger partial charge in [-0.1, -0.05) is 122 Å². The molecule has 0 aliphatic carbocycles. The van der Waals surface area contributed by atoms with Gasteiger partial charge in [0.15, 0.2) is 11.4 Å². The van der Waals surface area contributed by atoms with E-state index in [1.165, 1.54) is 122 Å². The second-order valence-corrected chi connectivity index (χ2v) is 15.6. The Balaban J connectivity index is 1.37. The number of nitrogens with zero attached hydrogens (tertiary/aromatic N) is 5. The SMILES string of the molecule is CCCCCCCCCCCCCCCCCCCCC(COP(O)OCC(C#N)(CCc1ccc2c(N)ncnn12)OC)OCc1cc(F)cc(C#N)c1. The van der Waals surface area contributed by atoms with Crippen molar-refractivity contribution in [3.63, 3.8) is 0 Å². The maximum Gasteiger partial charge on any atom is 0.330 e. The number of rotatable bonds is 32. The van der Waals surface area contributed by atoms with Crippen LogP contribution >= 0.6 is 8.60 Å². The monoisotopic (exact) mass is 782 g/mol. The first-order valence-electron chi connectivity index (χ1n) is 20.4. The minimum absolute atomic E-state index is 0.0470. The van der Waals surface area contributed by atoms with Crippen molar-refractivity contribution in [3.8, 4) is 12.1 Å². The maximum absolute atomic E-state index is 14.1. The van der Waals surface area contributed by atoms with Gasteiger partial charge in [-0.05, 0) is 55.2 Å². The highest BCUT2D eigenvalue weighted by atomic mass is 31.2. The topological polar surface area (TPSA) is 161 Å². The molecule has 3 unspecified atom stereocenters. The highest BCUT2D eigenvalue weighted by molar-refractivity contribution is 7.40. The third kappa shape index (κ3) is 18.1. The van der Waals surface area contributed by atoms with Gasteiger partial charge in [0, 0.05) is 12.8 Å². The average molecular weight is 783 g/mol. The van der Waals surface area contributed by atoms with E-state index in [4.69, 9.17) is 24.3 Å². The lowest BCUT2D eigenvalue weighted by atomic mass is 9.99. The Labute approximate surface area is 329 Å². The Hall–Kier alpha value is -3.22. The molecular weight excluding hydrogens is 718 g/mol. The molecule has 0 aliphatic rings. The summed E-state index contributed by atoms with van der Waals surface area (Å²) in [5, 5.41) is 23.5. The van der Waals surface area contributed by atoms with Crippen LogP contribution in [0.15, 0.2) is 36.7 Å². The summed E-state index contributed by atoms with van der Waals surface area (Å²) in [5.74, 6) is -0.140. The number of fused-ring (bicyclic) bond motifs is 1. The Morgan fingerprint density at radius 1 is 0.891 bits per heavy atom. The van der Waals surface area contributed by atoms with Gasteiger partial charge in [0.05, 0.1) is 37.6 Å². The van der Waals surface area contributed by atoms with Crippen molar-refractivity contribution in [1.82, 2.24) is 14.6 Å². The standard InChI is InChI=1S/C42H64FN6O5P/c1-3-4-5-6-7-8-9-10-11-12-13-14-15-16-17-18-19-20-21-39(52-30-36-26-35(29-44)27-37(43)28-36)31-53-55(50)54-33-42(32-45,51-2)25-24-38-22-23-40-41(46)47-34-48-49(38)40/h22-23,26-28,34,39,50H,3-21,24-25,30-31,33H2,1-2H3,(H2,46,47,48). The molecule has 0 aliphatic heterocycles. The zero-order chi connectivity index (χ0) is 39.6. The molecule has 1 aromatic carbocycles. The van der Waals surface area contributed by atoms with E-state index < -0.39 is 26.1 Å². The predicted molar refractivity (Wildman–Crippen MR) is 215 cm³/mol. The van der Waals surface area contributed by atoms with Crippen LogP contribution in [0.3, 0.4) is 0 Å². The van der Waals surface area contributed by atoms with Crippen LogP contribution in [0, 0.1) is 28.5 Å². The van der Waals surface area contributed by atoms with Crippen LogP contribution in [0.25, 0.3) is 5.52 Å².